The van der Waals surface area contributed by atoms with E-state index in [-0.39, 0.29) is 10.8 Å². The molecule has 1 N–H and O–H groups in total. The molecule has 0 bridgehead atoms. The largest absolute Gasteiger partial charge is 0.337 e. The van der Waals surface area contributed by atoms with Crippen molar-refractivity contribution in [3.63, 3.8) is 0 Å². The van der Waals surface area contributed by atoms with E-state index in [9.17, 15) is 18.4 Å². The molecule has 1 saturated heterocycles. The van der Waals surface area contributed by atoms with Crippen LogP contribution in [-0.2, 0) is 6.42 Å². The zero-order valence-corrected chi connectivity index (χ0v) is 13.2. The molecule has 23 heavy (non-hydrogen) atoms. The van der Waals surface area contributed by atoms with Crippen molar-refractivity contribution in [2.45, 2.75) is 19.3 Å². The zero-order valence-electron chi connectivity index (χ0n) is 12.4. The number of hydrogen-bond acceptors (Lipinski definition) is 3. The summed E-state index contributed by atoms with van der Waals surface area (Å²) in [5.41, 5.74) is 1.11. The molecule has 0 radical (unpaired) electrons. The van der Waals surface area contributed by atoms with Gasteiger partial charge in [-0.25, -0.2) is 8.78 Å². The SMILES string of the molecule is O=C(c1csc(=O)[nH]1)N1CCC(Cc2ccc(F)c(F)c2)CC1. The Kier molecular flexibility index (Phi) is 4.56. The standard InChI is InChI=1S/C16H16F2N2O2S/c17-12-2-1-11(8-13(12)18)7-10-3-5-20(6-4-10)15(21)14-9-23-16(22)19-14/h1-2,8-10H,3-7H2,(H,19,22). The van der Waals surface area contributed by atoms with Crippen molar-refractivity contribution in [1.29, 1.82) is 0 Å². The first-order valence-corrected chi connectivity index (χ1v) is 8.32. The van der Waals surface area contributed by atoms with Gasteiger partial charge in [0.1, 0.15) is 5.69 Å². The molecule has 0 unspecified atom stereocenters. The number of carbonyl (C=O) groups is 1. The lowest BCUT2D eigenvalue weighted by Gasteiger charge is -2.31. The smallest absolute Gasteiger partial charge is 0.305 e. The van der Waals surface area contributed by atoms with Crippen LogP contribution in [0.15, 0.2) is 28.4 Å². The zero-order chi connectivity index (χ0) is 16.4. The highest BCUT2D eigenvalue weighted by molar-refractivity contribution is 7.07. The van der Waals surface area contributed by atoms with Crippen LogP contribution in [0, 0.1) is 17.6 Å². The van der Waals surface area contributed by atoms with Gasteiger partial charge in [-0.05, 0) is 42.9 Å². The monoisotopic (exact) mass is 338 g/mol. The maximum absolute atomic E-state index is 13.2. The molecule has 1 aromatic carbocycles. The maximum Gasteiger partial charge on any atom is 0.305 e. The van der Waals surface area contributed by atoms with Crippen LogP contribution in [0.2, 0.25) is 0 Å². The average molecular weight is 338 g/mol. The van der Waals surface area contributed by atoms with Crippen LogP contribution < -0.4 is 4.87 Å². The molecule has 0 spiro atoms. The first-order chi connectivity index (χ1) is 11.0. The van der Waals surface area contributed by atoms with E-state index in [0.717, 1.165) is 35.8 Å². The fourth-order valence-corrected chi connectivity index (χ4v) is 3.45. The number of carbonyl (C=O) groups excluding carboxylic acids is 1. The van der Waals surface area contributed by atoms with Crippen LogP contribution in [0.25, 0.3) is 0 Å². The topological polar surface area (TPSA) is 53.2 Å². The second-order valence-electron chi connectivity index (χ2n) is 5.75. The predicted molar refractivity (Wildman–Crippen MR) is 83.6 cm³/mol. The van der Waals surface area contributed by atoms with Crippen molar-refractivity contribution in [2.75, 3.05) is 13.1 Å². The summed E-state index contributed by atoms with van der Waals surface area (Å²) in [4.78, 5) is 27.4. The van der Waals surface area contributed by atoms with Crippen molar-refractivity contribution in [3.8, 4) is 0 Å². The summed E-state index contributed by atoms with van der Waals surface area (Å²) >= 11 is 0.977. The molecule has 3 rings (SSSR count). The minimum atomic E-state index is -0.834. The van der Waals surface area contributed by atoms with Gasteiger partial charge in [-0.1, -0.05) is 17.4 Å². The molecule has 1 aliphatic rings. The summed E-state index contributed by atoms with van der Waals surface area (Å²) < 4.78 is 26.2. The van der Waals surface area contributed by atoms with Gasteiger partial charge in [0.2, 0.25) is 0 Å². The van der Waals surface area contributed by atoms with E-state index in [4.69, 9.17) is 0 Å². The van der Waals surface area contributed by atoms with E-state index in [0.29, 0.717) is 31.1 Å². The number of halogens is 2. The van der Waals surface area contributed by atoms with Crippen molar-refractivity contribution >= 4 is 17.2 Å². The van der Waals surface area contributed by atoms with Gasteiger partial charge in [-0.3, -0.25) is 9.59 Å². The molecule has 7 heteroatoms. The third kappa shape index (κ3) is 3.67. The van der Waals surface area contributed by atoms with Gasteiger partial charge in [-0.2, -0.15) is 0 Å². The minimum Gasteiger partial charge on any atom is -0.337 e. The Morgan fingerprint density at radius 2 is 2.00 bits per heavy atom. The number of nitrogens with zero attached hydrogens (tertiary/aromatic N) is 1. The van der Waals surface area contributed by atoms with Crippen LogP contribution in [-0.4, -0.2) is 28.9 Å². The van der Waals surface area contributed by atoms with Gasteiger partial charge in [-0.15, -0.1) is 0 Å². The minimum absolute atomic E-state index is 0.158. The third-order valence-electron chi connectivity index (χ3n) is 4.16. The number of thiazole rings is 1. The fraction of sp³-hybridized carbons (Fsp3) is 0.375. The summed E-state index contributed by atoms with van der Waals surface area (Å²) in [6.07, 6.45) is 2.28. The first-order valence-electron chi connectivity index (χ1n) is 7.44. The summed E-state index contributed by atoms with van der Waals surface area (Å²) in [6, 6.07) is 3.99. The van der Waals surface area contributed by atoms with Crippen LogP contribution in [0.5, 0.6) is 0 Å². The van der Waals surface area contributed by atoms with E-state index >= 15 is 0 Å². The van der Waals surface area contributed by atoms with E-state index in [1.807, 2.05) is 0 Å². The first kappa shape index (κ1) is 15.9. The summed E-state index contributed by atoms with van der Waals surface area (Å²) in [6.45, 7) is 1.20. The molecule has 1 amide bonds. The second-order valence-corrected chi connectivity index (χ2v) is 6.59. The van der Waals surface area contributed by atoms with Gasteiger partial charge in [0.15, 0.2) is 11.6 Å². The number of rotatable bonds is 3. The molecule has 122 valence electrons. The molecular weight excluding hydrogens is 322 g/mol. The molecule has 0 atom stereocenters. The second kappa shape index (κ2) is 6.62. The Morgan fingerprint density at radius 1 is 1.26 bits per heavy atom. The number of aromatic nitrogens is 1. The Morgan fingerprint density at radius 3 is 2.61 bits per heavy atom. The molecule has 1 aromatic heterocycles. The highest BCUT2D eigenvalue weighted by Gasteiger charge is 2.24. The van der Waals surface area contributed by atoms with Gasteiger partial charge < -0.3 is 9.88 Å². The van der Waals surface area contributed by atoms with Crippen molar-refractivity contribution in [2.24, 2.45) is 5.92 Å². The Balaban J connectivity index is 1.56. The van der Waals surface area contributed by atoms with E-state index in [1.165, 1.54) is 11.4 Å². The molecular formula is C16H16F2N2O2S. The molecule has 2 heterocycles. The molecule has 1 fully saturated rings. The van der Waals surface area contributed by atoms with E-state index in [1.54, 1.807) is 11.0 Å². The van der Waals surface area contributed by atoms with Crippen molar-refractivity contribution in [3.05, 3.63) is 56.1 Å². The predicted octanol–water partition coefficient (Wildman–Crippen LogP) is 2.81. The summed E-state index contributed by atoms with van der Waals surface area (Å²) in [7, 11) is 0. The fourth-order valence-electron chi connectivity index (χ4n) is 2.90. The Hall–Kier alpha value is -2.02. The van der Waals surface area contributed by atoms with Gasteiger partial charge >= 0.3 is 4.87 Å². The maximum atomic E-state index is 13.2. The van der Waals surface area contributed by atoms with Crippen LogP contribution in [0.1, 0.15) is 28.9 Å². The molecule has 0 saturated carbocycles. The van der Waals surface area contributed by atoms with Gasteiger partial charge in [0, 0.05) is 18.5 Å². The quantitative estimate of drug-likeness (QED) is 0.936. The number of amides is 1. The number of piperidine rings is 1. The normalized spacial score (nSPS) is 15.8. The molecule has 4 nitrogen and oxygen atoms in total. The van der Waals surface area contributed by atoms with Crippen molar-refractivity contribution < 1.29 is 13.6 Å². The van der Waals surface area contributed by atoms with E-state index < -0.39 is 11.6 Å². The number of hydrogen-bond donors (Lipinski definition) is 1. The lowest BCUT2D eigenvalue weighted by Crippen LogP contribution is -2.39. The van der Waals surface area contributed by atoms with Crippen LogP contribution in [0.3, 0.4) is 0 Å². The number of likely N-dealkylation sites (tertiary alicyclic amines) is 1. The summed E-state index contributed by atoms with van der Waals surface area (Å²) in [5, 5.41) is 1.54. The average Bonchev–Trinajstić information content (AvgIpc) is 2.97. The van der Waals surface area contributed by atoms with E-state index in [2.05, 4.69) is 4.98 Å². The summed E-state index contributed by atoms with van der Waals surface area (Å²) in [5.74, 6) is -1.48. The third-order valence-corrected chi connectivity index (χ3v) is 4.83. The number of benzene rings is 1. The lowest BCUT2D eigenvalue weighted by molar-refractivity contribution is 0.0685. The number of aromatic amines is 1. The Bertz CT molecular complexity index is 763. The number of H-pyrrole nitrogens is 1. The lowest BCUT2D eigenvalue weighted by atomic mass is 9.90. The Labute approximate surface area is 135 Å². The highest BCUT2D eigenvalue weighted by atomic mass is 32.1. The molecule has 0 aliphatic carbocycles. The van der Waals surface area contributed by atoms with Crippen LogP contribution >= 0.6 is 11.3 Å². The molecule has 2 aromatic rings. The number of nitrogens with one attached hydrogen (secondary N) is 1. The van der Waals surface area contributed by atoms with Crippen LogP contribution in [0.4, 0.5) is 8.78 Å². The molecule has 1 aliphatic heterocycles. The van der Waals surface area contributed by atoms with Crippen molar-refractivity contribution in [1.82, 2.24) is 9.88 Å². The van der Waals surface area contributed by atoms with Gasteiger partial charge in [0.05, 0.1) is 0 Å². The van der Waals surface area contributed by atoms with Gasteiger partial charge in [0.25, 0.3) is 5.91 Å². The highest BCUT2D eigenvalue weighted by Crippen LogP contribution is 2.23.